The molecule has 0 bridgehead atoms. The molecule has 0 aliphatic carbocycles. The summed E-state index contributed by atoms with van der Waals surface area (Å²) in [6.45, 7) is -0.0822. The molecule has 1 heterocycles. The maximum Gasteiger partial charge on any atom is 0.262 e. The molecule has 29 heavy (non-hydrogen) atoms. The van der Waals surface area contributed by atoms with Gasteiger partial charge in [0.05, 0.1) is 30.0 Å². The minimum Gasteiger partial charge on any atom is -0.497 e. The molecule has 6 nitrogen and oxygen atoms in total. The summed E-state index contributed by atoms with van der Waals surface area (Å²) >= 11 is 0. The van der Waals surface area contributed by atoms with Crippen molar-refractivity contribution in [1.29, 1.82) is 0 Å². The molecule has 1 N–H and O–H groups in total. The van der Waals surface area contributed by atoms with Gasteiger partial charge in [-0.3, -0.25) is 9.78 Å². The quantitative estimate of drug-likeness (QED) is 0.535. The minimum absolute atomic E-state index is 0.0822. The molecule has 1 aromatic heterocycles. The lowest BCUT2D eigenvalue weighted by Crippen LogP contribution is -2.20. The molecule has 4 aromatic rings. The van der Waals surface area contributed by atoms with E-state index >= 15 is 0 Å². The van der Waals surface area contributed by atoms with E-state index in [1.54, 1.807) is 37.6 Å². The highest BCUT2D eigenvalue weighted by atomic mass is 16.5. The monoisotopic (exact) mass is 385 g/mol. The Labute approximate surface area is 168 Å². The van der Waals surface area contributed by atoms with Gasteiger partial charge in [0, 0.05) is 11.3 Å². The van der Waals surface area contributed by atoms with E-state index < -0.39 is 0 Å². The van der Waals surface area contributed by atoms with Crippen LogP contribution in [0.3, 0.4) is 0 Å². The van der Waals surface area contributed by atoms with Crippen molar-refractivity contribution in [1.82, 2.24) is 9.97 Å². The van der Waals surface area contributed by atoms with Crippen LogP contribution in [-0.2, 0) is 4.79 Å². The Balaban J connectivity index is 1.36. The number of fused-ring (bicyclic) bond motifs is 1. The first-order valence-corrected chi connectivity index (χ1v) is 9.10. The number of hydrogen-bond acceptors (Lipinski definition) is 5. The predicted molar refractivity (Wildman–Crippen MR) is 112 cm³/mol. The summed E-state index contributed by atoms with van der Waals surface area (Å²) in [7, 11) is 1.60. The number of anilines is 1. The molecule has 144 valence electrons. The van der Waals surface area contributed by atoms with Crippen LogP contribution in [0.15, 0.2) is 79.0 Å². The standard InChI is InChI=1S/C23H19N3O3/c1-28-18-12-8-17(9-13-18)25-23(27)15-29-19-10-6-16(7-11-19)22-14-24-20-4-2-3-5-21(20)26-22/h2-14H,15H2,1H3,(H,25,27). The Bertz CT molecular complexity index is 1130. The fraction of sp³-hybridized carbons (Fsp3) is 0.0870. The molecule has 0 radical (unpaired) electrons. The number of carbonyl (C=O) groups is 1. The van der Waals surface area contributed by atoms with Crippen LogP contribution in [0.25, 0.3) is 22.3 Å². The molecule has 0 atom stereocenters. The second kappa shape index (κ2) is 8.39. The highest BCUT2D eigenvalue weighted by Crippen LogP contribution is 2.22. The number of ether oxygens (including phenoxy) is 2. The number of methoxy groups -OCH3 is 1. The molecular formula is C23H19N3O3. The average molecular weight is 385 g/mol. The van der Waals surface area contributed by atoms with Gasteiger partial charge in [0.15, 0.2) is 6.61 Å². The molecular weight excluding hydrogens is 366 g/mol. The highest BCUT2D eigenvalue weighted by molar-refractivity contribution is 5.91. The van der Waals surface area contributed by atoms with Crippen molar-refractivity contribution in [2.45, 2.75) is 0 Å². The van der Waals surface area contributed by atoms with Gasteiger partial charge in [0.1, 0.15) is 11.5 Å². The van der Waals surface area contributed by atoms with Crippen LogP contribution in [-0.4, -0.2) is 29.6 Å². The van der Waals surface area contributed by atoms with Crippen molar-refractivity contribution in [2.24, 2.45) is 0 Å². The van der Waals surface area contributed by atoms with E-state index in [1.165, 1.54) is 0 Å². The van der Waals surface area contributed by atoms with Gasteiger partial charge < -0.3 is 14.8 Å². The smallest absolute Gasteiger partial charge is 0.262 e. The van der Waals surface area contributed by atoms with E-state index in [-0.39, 0.29) is 12.5 Å². The van der Waals surface area contributed by atoms with Crippen molar-refractivity contribution in [3.05, 3.63) is 79.0 Å². The normalized spacial score (nSPS) is 10.5. The molecule has 0 aliphatic heterocycles. The third-order valence-electron chi connectivity index (χ3n) is 4.34. The molecule has 0 fully saturated rings. The molecule has 4 rings (SSSR count). The van der Waals surface area contributed by atoms with E-state index in [0.29, 0.717) is 11.4 Å². The maximum absolute atomic E-state index is 12.1. The molecule has 0 aliphatic rings. The van der Waals surface area contributed by atoms with Crippen LogP contribution in [0.1, 0.15) is 0 Å². The number of amides is 1. The van der Waals surface area contributed by atoms with Crippen molar-refractivity contribution in [3.63, 3.8) is 0 Å². The Kier molecular flexibility index (Phi) is 5.33. The van der Waals surface area contributed by atoms with E-state index in [0.717, 1.165) is 28.0 Å². The van der Waals surface area contributed by atoms with Gasteiger partial charge >= 0.3 is 0 Å². The van der Waals surface area contributed by atoms with Crippen molar-refractivity contribution in [2.75, 3.05) is 19.0 Å². The summed E-state index contributed by atoms with van der Waals surface area (Å²) < 4.78 is 10.7. The third-order valence-corrected chi connectivity index (χ3v) is 4.34. The van der Waals surface area contributed by atoms with Crippen LogP contribution in [0.5, 0.6) is 11.5 Å². The van der Waals surface area contributed by atoms with Crippen molar-refractivity contribution in [3.8, 4) is 22.8 Å². The number of aromatic nitrogens is 2. The van der Waals surface area contributed by atoms with Crippen molar-refractivity contribution < 1.29 is 14.3 Å². The number of rotatable bonds is 6. The zero-order valence-electron chi connectivity index (χ0n) is 15.8. The highest BCUT2D eigenvalue weighted by Gasteiger charge is 2.06. The number of carbonyl (C=O) groups excluding carboxylic acids is 1. The van der Waals surface area contributed by atoms with E-state index in [1.807, 2.05) is 48.5 Å². The molecule has 0 saturated heterocycles. The summed E-state index contributed by atoms with van der Waals surface area (Å²) in [5, 5.41) is 2.78. The molecule has 0 saturated carbocycles. The van der Waals surface area contributed by atoms with Crippen LogP contribution >= 0.6 is 0 Å². The van der Waals surface area contributed by atoms with E-state index in [9.17, 15) is 4.79 Å². The van der Waals surface area contributed by atoms with E-state index in [2.05, 4.69) is 15.3 Å². The van der Waals surface area contributed by atoms with Gasteiger partial charge in [-0.15, -0.1) is 0 Å². The average Bonchev–Trinajstić information content (AvgIpc) is 2.78. The predicted octanol–water partition coefficient (Wildman–Crippen LogP) is 4.32. The second-order valence-corrected chi connectivity index (χ2v) is 6.33. The van der Waals surface area contributed by atoms with Gasteiger partial charge in [0.2, 0.25) is 0 Å². The van der Waals surface area contributed by atoms with Gasteiger partial charge in [0.25, 0.3) is 5.91 Å². The Morgan fingerprint density at radius 2 is 1.59 bits per heavy atom. The summed E-state index contributed by atoms with van der Waals surface area (Å²) in [6.07, 6.45) is 1.75. The lowest BCUT2D eigenvalue weighted by atomic mass is 10.1. The Hall–Kier alpha value is -3.93. The van der Waals surface area contributed by atoms with Crippen LogP contribution < -0.4 is 14.8 Å². The zero-order chi connectivity index (χ0) is 20.1. The minimum atomic E-state index is -0.236. The molecule has 0 spiro atoms. The summed E-state index contributed by atoms with van der Waals surface area (Å²) in [5.41, 5.74) is 4.11. The fourth-order valence-electron chi connectivity index (χ4n) is 2.84. The lowest BCUT2D eigenvalue weighted by molar-refractivity contribution is -0.118. The second-order valence-electron chi connectivity index (χ2n) is 6.33. The molecule has 6 heteroatoms. The summed E-state index contributed by atoms with van der Waals surface area (Å²) in [4.78, 5) is 21.1. The van der Waals surface area contributed by atoms with Gasteiger partial charge in [-0.1, -0.05) is 12.1 Å². The number of hydrogen-bond donors (Lipinski definition) is 1. The largest absolute Gasteiger partial charge is 0.497 e. The Morgan fingerprint density at radius 1 is 0.897 bits per heavy atom. The van der Waals surface area contributed by atoms with Crippen LogP contribution in [0.4, 0.5) is 5.69 Å². The first-order chi connectivity index (χ1) is 14.2. The molecule has 1 amide bonds. The number of nitrogens with zero attached hydrogens (tertiary/aromatic N) is 2. The number of para-hydroxylation sites is 2. The number of benzene rings is 3. The lowest BCUT2D eigenvalue weighted by Gasteiger charge is -2.09. The van der Waals surface area contributed by atoms with Gasteiger partial charge in [-0.05, 0) is 60.7 Å². The van der Waals surface area contributed by atoms with Crippen LogP contribution in [0.2, 0.25) is 0 Å². The summed E-state index contributed by atoms with van der Waals surface area (Å²) in [5.74, 6) is 1.10. The van der Waals surface area contributed by atoms with Gasteiger partial charge in [-0.25, -0.2) is 4.98 Å². The molecule has 0 unspecified atom stereocenters. The first-order valence-electron chi connectivity index (χ1n) is 9.10. The Morgan fingerprint density at radius 3 is 2.31 bits per heavy atom. The fourth-order valence-corrected chi connectivity index (χ4v) is 2.84. The SMILES string of the molecule is COc1ccc(NC(=O)COc2ccc(-c3cnc4ccccc4n3)cc2)cc1. The van der Waals surface area contributed by atoms with Crippen molar-refractivity contribution >= 4 is 22.6 Å². The summed E-state index contributed by atoms with van der Waals surface area (Å²) in [6, 6.07) is 22.3. The van der Waals surface area contributed by atoms with Crippen LogP contribution in [0, 0.1) is 0 Å². The molecule has 3 aromatic carbocycles. The topological polar surface area (TPSA) is 73.3 Å². The maximum atomic E-state index is 12.1. The first kappa shape index (κ1) is 18.4. The third kappa shape index (κ3) is 4.50. The zero-order valence-corrected chi connectivity index (χ0v) is 15.8. The van der Waals surface area contributed by atoms with E-state index in [4.69, 9.17) is 9.47 Å². The van der Waals surface area contributed by atoms with Gasteiger partial charge in [-0.2, -0.15) is 0 Å². The number of nitrogens with one attached hydrogen (secondary N) is 1.